The van der Waals surface area contributed by atoms with Gasteiger partial charge in [0, 0.05) is 5.39 Å². The molecule has 28 heavy (non-hydrogen) atoms. The lowest BCUT2D eigenvalue weighted by Crippen LogP contribution is -2.16. The number of furan rings is 1. The van der Waals surface area contributed by atoms with Gasteiger partial charge in [0.05, 0.1) is 31.5 Å². The summed E-state index contributed by atoms with van der Waals surface area (Å²) in [6.07, 6.45) is 1.50. The molecule has 8 heteroatoms. The highest BCUT2D eigenvalue weighted by molar-refractivity contribution is 9.10. The van der Waals surface area contributed by atoms with E-state index < -0.39 is 5.91 Å². The van der Waals surface area contributed by atoms with E-state index in [0.29, 0.717) is 29.4 Å². The average molecular weight is 447 g/mol. The summed E-state index contributed by atoms with van der Waals surface area (Å²) < 4.78 is 22.5. The highest BCUT2D eigenvalue weighted by Crippen LogP contribution is 2.36. The van der Waals surface area contributed by atoms with E-state index in [9.17, 15) is 4.79 Å². The van der Waals surface area contributed by atoms with Crippen LogP contribution >= 0.6 is 15.9 Å². The Labute approximate surface area is 170 Å². The number of rotatable bonds is 7. The number of carbonyl (C=O) groups excluding carboxylic acids is 1. The summed E-state index contributed by atoms with van der Waals surface area (Å²) in [7, 11) is 3.10. The van der Waals surface area contributed by atoms with Gasteiger partial charge < -0.3 is 18.6 Å². The van der Waals surface area contributed by atoms with Crippen LogP contribution in [0.1, 0.15) is 23.0 Å². The van der Waals surface area contributed by atoms with Crippen LogP contribution in [0.2, 0.25) is 0 Å². The Balaban J connectivity index is 1.76. The number of halogens is 1. The molecule has 0 aliphatic heterocycles. The van der Waals surface area contributed by atoms with Gasteiger partial charge in [0.25, 0.3) is 0 Å². The summed E-state index contributed by atoms with van der Waals surface area (Å²) in [6, 6.07) is 10.6. The lowest BCUT2D eigenvalue weighted by atomic mass is 10.2. The van der Waals surface area contributed by atoms with Crippen LogP contribution in [0, 0.1) is 0 Å². The molecule has 3 rings (SSSR count). The van der Waals surface area contributed by atoms with Gasteiger partial charge >= 0.3 is 5.91 Å². The van der Waals surface area contributed by atoms with Crippen molar-refractivity contribution in [1.82, 2.24) is 5.43 Å². The number of nitrogens with zero attached hydrogens (tertiary/aromatic N) is 1. The first kappa shape index (κ1) is 19.8. The fraction of sp³-hybridized carbons (Fsp3) is 0.200. The molecule has 1 amide bonds. The van der Waals surface area contributed by atoms with Crippen molar-refractivity contribution in [1.29, 1.82) is 0 Å². The normalized spacial score (nSPS) is 11.0. The predicted octanol–water partition coefficient (Wildman–Crippen LogP) is 4.38. The van der Waals surface area contributed by atoms with E-state index in [4.69, 9.17) is 18.6 Å². The van der Waals surface area contributed by atoms with E-state index in [-0.39, 0.29) is 5.76 Å². The first-order chi connectivity index (χ1) is 13.6. The van der Waals surface area contributed by atoms with Gasteiger partial charge in [-0.1, -0.05) is 12.1 Å². The fourth-order valence-electron chi connectivity index (χ4n) is 2.63. The zero-order valence-corrected chi connectivity index (χ0v) is 17.2. The number of carbonyl (C=O) groups is 1. The van der Waals surface area contributed by atoms with Crippen molar-refractivity contribution in [3.8, 4) is 17.2 Å². The zero-order chi connectivity index (χ0) is 20.1. The Morgan fingerprint density at radius 3 is 2.71 bits per heavy atom. The van der Waals surface area contributed by atoms with Crippen LogP contribution in [0.5, 0.6) is 17.2 Å². The molecule has 3 aromatic rings. The maximum absolute atomic E-state index is 12.3. The van der Waals surface area contributed by atoms with Crippen molar-refractivity contribution < 1.29 is 23.4 Å². The molecule has 0 aliphatic carbocycles. The van der Waals surface area contributed by atoms with Crippen molar-refractivity contribution in [3.63, 3.8) is 0 Å². The first-order valence-electron chi connectivity index (χ1n) is 8.47. The lowest BCUT2D eigenvalue weighted by Gasteiger charge is -2.11. The minimum atomic E-state index is -0.466. The number of ether oxygens (including phenoxy) is 3. The molecule has 0 saturated carbocycles. The molecule has 1 N–H and O–H groups in total. The molecule has 1 aromatic heterocycles. The van der Waals surface area contributed by atoms with E-state index in [2.05, 4.69) is 26.5 Å². The fourth-order valence-corrected chi connectivity index (χ4v) is 3.20. The highest BCUT2D eigenvalue weighted by Gasteiger charge is 2.14. The van der Waals surface area contributed by atoms with Crippen LogP contribution in [0.15, 0.2) is 50.4 Å². The van der Waals surface area contributed by atoms with Crippen LogP contribution in [0.25, 0.3) is 11.0 Å². The van der Waals surface area contributed by atoms with Crippen molar-refractivity contribution >= 4 is 39.0 Å². The van der Waals surface area contributed by atoms with Crippen LogP contribution in [-0.4, -0.2) is 32.9 Å². The van der Waals surface area contributed by atoms with Gasteiger partial charge in [-0.3, -0.25) is 4.79 Å². The van der Waals surface area contributed by atoms with Gasteiger partial charge in [0.15, 0.2) is 28.6 Å². The number of methoxy groups -OCH3 is 2. The predicted molar refractivity (Wildman–Crippen MR) is 110 cm³/mol. The monoisotopic (exact) mass is 446 g/mol. The first-order valence-corrected chi connectivity index (χ1v) is 9.27. The van der Waals surface area contributed by atoms with E-state index in [1.165, 1.54) is 6.21 Å². The summed E-state index contributed by atoms with van der Waals surface area (Å²) in [5.41, 5.74) is 3.69. The van der Waals surface area contributed by atoms with Crippen LogP contribution < -0.4 is 19.6 Å². The number of fused-ring (bicyclic) bond motifs is 1. The van der Waals surface area contributed by atoms with Crippen molar-refractivity contribution in [2.75, 3.05) is 20.8 Å². The summed E-state index contributed by atoms with van der Waals surface area (Å²) in [5, 5.41) is 4.76. The van der Waals surface area contributed by atoms with Gasteiger partial charge in [0.1, 0.15) is 0 Å². The standard InChI is InChI=1S/C20H19BrN2O5/c1-4-27-19-14(21)8-12(9-16(19)26-3)11-22-23-20(24)17-10-13-6-5-7-15(25-2)18(13)28-17/h5-11H,4H2,1-3H3,(H,23,24)/b22-11-. The third-order valence-electron chi connectivity index (χ3n) is 3.87. The number of hydrogen-bond donors (Lipinski definition) is 1. The maximum atomic E-state index is 12.3. The summed E-state index contributed by atoms with van der Waals surface area (Å²) in [6.45, 7) is 2.41. The molecule has 0 saturated heterocycles. The van der Waals surface area contributed by atoms with Crippen molar-refractivity contribution in [2.24, 2.45) is 5.10 Å². The number of amides is 1. The molecule has 2 aromatic carbocycles. The molecule has 0 aliphatic rings. The van der Waals surface area contributed by atoms with Gasteiger partial charge in [-0.2, -0.15) is 5.10 Å². The summed E-state index contributed by atoms with van der Waals surface area (Å²) in [4.78, 5) is 12.3. The molecule has 7 nitrogen and oxygen atoms in total. The van der Waals surface area contributed by atoms with E-state index in [0.717, 1.165) is 15.4 Å². The number of benzene rings is 2. The van der Waals surface area contributed by atoms with Gasteiger partial charge in [0.2, 0.25) is 0 Å². The smallest absolute Gasteiger partial charge is 0.307 e. The molecular formula is C20H19BrN2O5. The van der Waals surface area contributed by atoms with Crippen LogP contribution in [0.3, 0.4) is 0 Å². The van der Waals surface area contributed by atoms with E-state index in [1.807, 2.05) is 25.1 Å². The van der Waals surface area contributed by atoms with Crippen LogP contribution in [0.4, 0.5) is 0 Å². The largest absolute Gasteiger partial charge is 0.493 e. The topological polar surface area (TPSA) is 82.3 Å². The number of nitrogens with one attached hydrogen (secondary N) is 1. The zero-order valence-electron chi connectivity index (χ0n) is 15.6. The third kappa shape index (κ3) is 4.12. The quantitative estimate of drug-likeness (QED) is 0.430. The summed E-state index contributed by atoms with van der Waals surface area (Å²) >= 11 is 3.45. The number of hydrogen-bond acceptors (Lipinski definition) is 6. The molecule has 146 valence electrons. The van der Waals surface area contributed by atoms with Gasteiger partial charge in [-0.25, -0.2) is 5.43 Å². The molecular weight excluding hydrogens is 428 g/mol. The third-order valence-corrected chi connectivity index (χ3v) is 4.46. The minimum absolute atomic E-state index is 0.141. The van der Waals surface area contributed by atoms with Crippen molar-refractivity contribution in [2.45, 2.75) is 6.92 Å². The average Bonchev–Trinajstić information content (AvgIpc) is 3.14. The van der Waals surface area contributed by atoms with Gasteiger partial charge in [-0.05, 0) is 52.7 Å². The molecule has 0 atom stereocenters. The van der Waals surface area contributed by atoms with E-state index >= 15 is 0 Å². The molecule has 0 fully saturated rings. The molecule has 0 spiro atoms. The number of hydrazone groups is 1. The number of para-hydroxylation sites is 1. The molecule has 0 bridgehead atoms. The SMILES string of the molecule is CCOc1c(Br)cc(/C=N\NC(=O)c2cc3cccc(OC)c3o2)cc1OC. The Morgan fingerprint density at radius 1 is 1.21 bits per heavy atom. The van der Waals surface area contributed by atoms with Gasteiger partial charge in [-0.15, -0.1) is 0 Å². The Kier molecular flexibility index (Phi) is 6.20. The Bertz CT molecular complexity index is 1030. The van der Waals surface area contributed by atoms with E-state index in [1.54, 1.807) is 32.4 Å². The maximum Gasteiger partial charge on any atom is 0.307 e. The second-order valence-corrected chi connectivity index (χ2v) is 6.51. The molecule has 0 radical (unpaired) electrons. The second-order valence-electron chi connectivity index (χ2n) is 5.66. The Hall–Kier alpha value is -3.00. The Morgan fingerprint density at radius 2 is 2.00 bits per heavy atom. The molecule has 0 unspecified atom stereocenters. The summed E-state index contributed by atoms with van der Waals surface area (Å²) in [5.74, 6) is 1.41. The van der Waals surface area contributed by atoms with Crippen molar-refractivity contribution in [3.05, 3.63) is 52.2 Å². The lowest BCUT2D eigenvalue weighted by molar-refractivity contribution is 0.0929. The second kappa shape index (κ2) is 8.79. The minimum Gasteiger partial charge on any atom is -0.493 e. The molecule has 1 heterocycles. The highest BCUT2D eigenvalue weighted by atomic mass is 79.9. The van der Waals surface area contributed by atoms with Crippen LogP contribution in [-0.2, 0) is 0 Å².